The van der Waals surface area contributed by atoms with Crippen molar-refractivity contribution in [1.82, 2.24) is 15.2 Å². The van der Waals surface area contributed by atoms with Gasteiger partial charge in [0, 0.05) is 32.0 Å². The molecule has 0 aliphatic carbocycles. The molecule has 3 aromatic rings. The van der Waals surface area contributed by atoms with E-state index >= 15 is 0 Å². The lowest BCUT2D eigenvalue weighted by Gasteiger charge is -2.28. The quantitative estimate of drug-likeness (QED) is 0.622. The van der Waals surface area contributed by atoms with Crippen molar-refractivity contribution in [2.45, 2.75) is 26.2 Å². The van der Waals surface area contributed by atoms with Crippen LogP contribution >= 0.6 is 0 Å². The summed E-state index contributed by atoms with van der Waals surface area (Å²) in [5.41, 5.74) is 3.68. The number of benzene rings is 2. The van der Waals surface area contributed by atoms with Crippen molar-refractivity contribution in [3.8, 4) is 11.1 Å². The molecule has 0 spiro atoms. The number of rotatable bonds is 7. The highest BCUT2D eigenvalue weighted by atomic mass is 16.2. The van der Waals surface area contributed by atoms with Gasteiger partial charge < -0.3 is 10.2 Å². The van der Waals surface area contributed by atoms with Gasteiger partial charge in [0.05, 0.1) is 11.8 Å². The van der Waals surface area contributed by atoms with Crippen LogP contribution in [-0.2, 0) is 22.4 Å². The number of nitrogens with one attached hydrogen (secondary N) is 1. The zero-order valence-corrected chi connectivity index (χ0v) is 18.5. The number of hydrogen-bond donors (Lipinski definition) is 1. The van der Waals surface area contributed by atoms with Crippen LogP contribution in [0.25, 0.3) is 11.1 Å². The van der Waals surface area contributed by atoms with Crippen LogP contribution in [0.3, 0.4) is 0 Å². The summed E-state index contributed by atoms with van der Waals surface area (Å²) in [5.74, 6) is 0.0731. The Morgan fingerprint density at radius 3 is 2.53 bits per heavy atom. The molecule has 1 aliphatic rings. The Morgan fingerprint density at radius 1 is 1.00 bits per heavy atom. The van der Waals surface area contributed by atoms with Crippen molar-refractivity contribution in [1.29, 1.82) is 0 Å². The number of nitrogens with zero attached hydrogens (tertiary/aromatic N) is 2. The van der Waals surface area contributed by atoms with Gasteiger partial charge in [0.25, 0.3) is 0 Å². The van der Waals surface area contributed by atoms with Gasteiger partial charge in [0.2, 0.25) is 11.8 Å². The number of carbonyl (C=O) groups excluding carboxylic acids is 2. The zero-order valence-electron chi connectivity index (χ0n) is 18.5. The van der Waals surface area contributed by atoms with E-state index in [2.05, 4.69) is 40.6 Å². The smallest absolute Gasteiger partial charge is 0.228 e. The molecule has 2 heterocycles. The van der Waals surface area contributed by atoms with Crippen LogP contribution in [0.1, 0.15) is 24.5 Å². The molecule has 32 heavy (non-hydrogen) atoms. The molecule has 2 amide bonds. The molecule has 1 saturated heterocycles. The zero-order chi connectivity index (χ0) is 22.4. The second-order valence-corrected chi connectivity index (χ2v) is 8.49. The summed E-state index contributed by atoms with van der Waals surface area (Å²) in [6, 6.07) is 22.4. The fourth-order valence-electron chi connectivity index (χ4n) is 4.51. The fourth-order valence-corrected chi connectivity index (χ4v) is 4.51. The Bertz CT molecular complexity index is 1070. The van der Waals surface area contributed by atoms with Gasteiger partial charge in [-0.25, -0.2) is 0 Å². The molecule has 4 rings (SSSR count). The summed E-state index contributed by atoms with van der Waals surface area (Å²) in [7, 11) is 0. The third-order valence-electron chi connectivity index (χ3n) is 6.18. The Hall–Kier alpha value is -3.47. The van der Waals surface area contributed by atoms with Crippen LogP contribution in [-0.4, -0.2) is 41.3 Å². The Labute approximate surface area is 189 Å². The van der Waals surface area contributed by atoms with Crippen LogP contribution < -0.4 is 5.32 Å². The van der Waals surface area contributed by atoms with Crippen LogP contribution in [0.15, 0.2) is 79.1 Å². The number of carbonyl (C=O) groups is 2. The van der Waals surface area contributed by atoms with Crippen LogP contribution in [0.5, 0.6) is 0 Å². The third-order valence-corrected chi connectivity index (χ3v) is 6.18. The van der Waals surface area contributed by atoms with Crippen LogP contribution in [0, 0.1) is 5.41 Å². The van der Waals surface area contributed by atoms with Gasteiger partial charge >= 0.3 is 0 Å². The monoisotopic (exact) mass is 427 g/mol. The van der Waals surface area contributed by atoms with Crippen LogP contribution in [0.4, 0.5) is 0 Å². The molecule has 0 radical (unpaired) electrons. The lowest BCUT2D eigenvalue weighted by molar-refractivity contribution is -0.132. The summed E-state index contributed by atoms with van der Waals surface area (Å²) in [5, 5.41) is 3.02. The molecule has 5 nitrogen and oxygen atoms in total. The van der Waals surface area contributed by atoms with Gasteiger partial charge in [-0.1, -0.05) is 60.7 Å². The number of aromatic nitrogens is 1. The predicted molar refractivity (Wildman–Crippen MR) is 126 cm³/mol. The van der Waals surface area contributed by atoms with Crippen LogP contribution in [0.2, 0.25) is 0 Å². The second-order valence-electron chi connectivity index (χ2n) is 8.49. The van der Waals surface area contributed by atoms with Gasteiger partial charge in [0.1, 0.15) is 0 Å². The summed E-state index contributed by atoms with van der Waals surface area (Å²) < 4.78 is 0. The molecular formula is C27H29N3O2. The largest absolute Gasteiger partial charge is 0.356 e. The van der Waals surface area contributed by atoms with E-state index in [1.54, 1.807) is 12.4 Å². The molecule has 0 unspecified atom stereocenters. The van der Waals surface area contributed by atoms with E-state index in [0.717, 1.165) is 22.3 Å². The lowest BCUT2D eigenvalue weighted by Crippen LogP contribution is -2.45. The first-order valence-corrected chi connectivity index (χ1v) is 11.2. The van der Waals surface area contributed by atoms with Crippen molar-refractivity contribution in [2.75, 3.05) is 19.6 Å². The molecule has 5 heteroatoms. The molecule has 1 N–H and O–H groups in total. The average molecular weight is 428 g/mol. The van der Waals surface area contributed by atoms with Crippen molar-refractivity contribution >= 4 is 11.8 Å². The molecule has 1 atom stereocenters. The molecule has 1 fully saturated rings. The standard InChI is InChI=1S/C27H29N3O2/c1-2-29-26(32)27(13-15-30(20-27)25(31)17-22-9-7-14-28-19-22)18-21-8-6-12-24(16-21)23-10-4-3-5-11-23/h3-12,14,16,19H,2,13,15,17-18,20H2,1H3,(H,29,32)/t27-/m0/s1. The van der Waals surface area contributed by atoms with Crippen molar-refractivity contribution in [3.63, 3.8) is 0 Å². The van der Waals surface area contributed by atoms with E-state index in [1.165, 1.54) is 0 Å². The average Bonchev–Trinajstić information content (AvgIpc) is 3.26. The predicted octanol–water partition coefficient (Wildman–Crippen LogP) is 3.89. The Balaban J connectivity index is 1.54. The molecule has 1 aliphatic heterocycles. The molecular weight excluding hydrogens is 398 g/mol. The SMILES string of the molecule is CCNC(=O)[C@]1(Cc2cccc(-c3ccccc3)c2)CCN(C(=O)Cc2cccnc2)C1. The number of amides is 2. The summed E-state index contributed by atoms with van der Waals surface area (Å²) in [6.07, 6.45) is 5.00. The van der Waals surface area contributed by atoms with Gasteiger partial charge in [-0.15, -0.1) is 0 Å². The number of likely N-dealkylation sites (tertiary alicyclic amines) is 1. The first-order valence-electron chi connectivity index (χ1n) is 11.2. The van der Waals surface area contributed by atoms with Gasteiger partial charge in [0.15, 0.2) is 0 Å². The molecule has 0 saturated carbocycles. The highest BCUT2D eigenvalue weighted by Gasteiger charge is 2.45. The third kappa shape index (κ3) is 4.88. The topological polar surface area (TPSA) is 62.3 Å². The maximum absolute atomic E-state index is 13.2. The van der Waals surface area contributed by atoms with Gasteiger partial charge in [-0.2, -0.15) is 0 Å². The second kappa shape index (κ2) is 9.77. The summed E-state index contributed by atoms with van der Waals surface area (Å²) in [4.78, 5) is 32.1. The minimum absolute atomic E-state index is 0.0294. The van der Waals surface area contributed by atoms with Crippen molar-refractivity contribution in [3.05, 3.63) is 90.3 Å². The normalized spacial score (nSPS) is 17.8. The summed E-state index contributed by atoms with van der Waals surface area (Å²) in [6.45, 7) is 3.54. The van der Waals surface area contributed by atoms with Crippen molar-refractivity contribution in [2.24, 2.45) is 5.41 Å². The minimum atomic E-state index is -0.615. The molecule has 164 valence electrons. The first kappa shape index (κ1) is 21.8. The van der Waals surface area contributed by atoms with Gasteiger partial charge in [-0.05, 0) is 48.1 Å². The maximum Gasteiger partial charge on any atom is 0.228 e. The van der Waals surface area contributed by atoms with E-state index in [0.29, 0.717) is 38.9 Å². The Morgan fingerprint density at radius 2 is 1.78 bits per heavy atom. The highest BCUT2D eigenvalue weighted by Crippen LogP contribution is 2.36. The van der Waals surface area contributed by atoms with Crippen molar-refractivity contribution < 1.29 is 9.59 Å². The van der Waals surface area contributed by atoms with Gasteiger partial charge in [-0.3, -0.25) is 14.6 Å². The maximum atomic E-state index is 13.2. The molecule has 2 aromatic carbocycles. The highest BCUT2D eigenvalue weighted by molar-refractivity contribution is 5.86. The minimum Gasteiger partial charge on any atom is -0.356 e. The summed E-state index contributed by atoms with van der Waals surface area (Å²) >= 11 is 0. The number of pyridine rings is 1. The van der Waals surface area contributed by atoms with E-state index in [1.807, 2.05) is 48.2 Å². The lowest BCUT2D eigenvalue weighted by atomic mass is 9.79. The first-order chi connectivity index (χ1) is 15.6. The van der Waals surface area contributed by atoms with E-state index < -0.39 is 5.41 Å². The van der Waals surface area contributed by atoms with E-state index in [4.69, 9.17) is 0 Å². The van der Waals surface area contributed by atoms with E-state index in [-0.39, 0.29) is 11.8 Å². The number of hydrogen-bond acceptors (Lipinski definition) is 3. The molecule has 0 bridgehead atoms. The van der Waals surface area contributed by atoms with E-state index in [9.17, 15) is 9.59 Å². The Kier molecular flexibility index (Phi) is 6.64. The molecule has 1 aromatic heterocycles. The fraction of sp³-hybridized carbons (Fsp3) is 0.296.